The second-order valence-corrected chi connectivity index (χ2v) is 9.81. The Kier molecular flexibility index (Phi) is 5.28. The molecule has 0 N–H and O–H groups in total. The van der Waals surface area contributed by atoms with Crippen LogP contribution < -0.4 is 10.4 Å². The molecule has 0 bridgehead atoms. The van der Waals surface area contributed by atoms with Crippen LogP contribution in [0.25, 0.3) is 0 Å². The van der Waals surface area contributed by atoms with Crippen LogP contribution in [0.15, 0.2) is 72.8 Å². The van der Waals surface area contributed by atoms with Crippen LogP contribution >= 0.6 is 0 Å². The summed E-state index contributed by atoms with van der Waals surface area (Å²) in [5.74, 6) is 0. The van der Waals surface area contributed by atoms with Crippen LogP contribution in [0.5, 0.6) is 0 Å². The molecule has 1 fully saturated rings. The van der Waals surface area contributed by atoms with Gasteiger partial charge < -0.3 is 9.55 Å². The van der Waals surface area contributed by atoms with E-state index in [4.69, 9.17) is 4.65 Å². The third kappa shape index (κ3) is 3.91. The Labute approximate surface area is 182 Å². The van der Waals surface area contributed by atoms with Gasteiger partial charge in [0.1, 0.15) is 0 Å². The number of rotatable bonds is 4. The van der Waals surface area contributed by atoms with Gasteiger partial charge in [-0.1, -0.05) is 61.4 Å². The molecule has 1 aliphatic rings. The fourth-order valence-electron chi connectivity index (χ4n) is 4.15. The van der Waals surface area contributed by atoms with Gasteiger partial charge in [-0.25, -0.2) is 0 Å². The zero-order valence-electron chi connectivity index (χ0n) is 19.1. The fraction of sp³-hybridized carbons (Fsp3) is 0.333. The van der Waals surface area contributed by atoms with Crippen molar-refractivity contribution in [1.82, 2.24) is 0 Å². The first-order valence-electron chi connectivity index (χ1n) is 10.9. The molecule has 3 aromatic carbocycles. The number of benzene rings is 3. The van der Waals surface area contributed by atoms with Gasteiger partial charge in [-0.15, -0.1) is 0 Å². The second kappa shape index (κ2) is 7.63. The van der Waals surface area contributed by atoms with E-state index in [9.17, 15) is 0 Å². The zero-order valence-corrected chi connectivity index (χ0v) is 19.1. The molecule has 3 heteroatoms. The first-order valence-corrected chi connectivity index (χ1v) is 10.9. The summed E-state index contributed by atoms with van der Waals surface area (Å²) in [6.07, 6.45) is 1.03. The number of hydrogen-bond acceptors (Lipinski definition) is 2. The summed E-state index contributed by atoms with van der Waals surface area (Å²) in [7, 11) is 0. The van der Waals surface area contributed by atoms with Gasteiger partial charge in [-0.05, 0) is 81.3 Å². The van der Waals surface area contributed by atoms with E-state index in [1.54, 1.807) is 0 Å². The van der Waals surface area contributed by atoms with E-state index in [-0.39, 0.29) is 17.9 Å². The maximum absolute atomic E-state index is 6.51. The van der Waals surface area contributed by atoms with Gasteiger partial charge in [0.05, 0.1) is 5.60 Å². The van der Waals surface area contributed by atoms with E-state index >= 15 is 0 Å². The molecule has 0 aliphatic carbocycles. The smallest absolute Gasteiger partial charge is 0.328 e. The molecule has 4 rings (SSSR count). The summed E-state index contributed by atoms with van der Waals surface area (Å²) in [6.45, 7) is 13.4. The van der Waals surface area contributed by atoms with Crippen LogP contribution in [0.1, 0.15) is 38.8 Å². The molecule has 1 saturated heterocycles. The number of aryl methyl sites for hydroxylation is 2. The summed E-state index contributed by atoms with van der Waals surface area (Å²) in [6, 6.07) is 26.3. The van der Waals surface area contributed by atoms with Gasteiger partial charge in [0.15, 0.2) is 0 Å². The first kappa shape index (κ1) is 20.7. The molecule has 1 aliphatic heterocycles. The summed E-state index contributed by atoms with van der Waals surface area (Å²) < 4.78 is 6.51. The molecule has 0 spiro atoms. The summed E-state index contributed by atoms with van der Waals surface area (Å²) >= 11 is 0. The molecule has 154 valence electrons. The topological polar surface area (TPSA) is 12.5 Å². The van der Waals surface area contributed by atoms with Crippen LogP contribution in [-0.4, -0.2) is 12.5 Å². The van der Waals surface area contributed by atoms with Crippen molar-refractivity contribution in [2.24, 2.45) is 5.41 Å². The van der Waals surface area contributed by atoms with Gasteiger partial charge in [0.25, 0.3) is 0 Å². The number of nitrogens with zero attached hydrogens (tertiary/aromatic N) is 1. The Morgan fingerprint density at radius 1 is 0.733 bits per heavy atom. The Morgan fingerprint density at radius 3 is 1.73 bits per heavy atom. The van der Waals surface area contributed by atoms with E-state index in [0.29, 0.717) is 0 Å². The van der Waals surface area contributed by atoms with Crippen molar-refractivity contribution in [2.75, 3.05) is 4.90 Å². The highest BCUT2D eigenvalue weighted by Gasteiger charge is 2.49. The lowest BCUT2D eigenvalue weighted by Crippen LogP contribution is -2.36. The lowest BCUT2D eigenvalue weighted by molar-refractivity contribution is 0.0375. The largest absolute Gasteiger partial charge is 0.426 e. The number of hydrogen-bond donors (Lipinski definition) is 0. The Balaban J connectivity index is 1.76. The van der Waals surface area contributed by atoms with Crippen molar-refractivity contribution in [2.45, 2.75) is 53.5 Å². The van der Waals surface area contributed by atoms with Gasteiger partial charge in [0.2, 0.25) is 0 Å². The summed E-state index contributed by atoms with van der Waals surface area (Å²) in [5.41, 5.74) is 7.26. The SMILES string of the molecule is Cc1ccc(N(c2ccc(C)cc2)c2cccc(B3CC(C)(C)C(C)(C)O3)c2)cc1. The highest BCUT2D eigenvalue weighted by atomic mass is 16.5. The molecule has 1 heterocycles. The Bertz CT molecular complexity index is 960. The van der Waals surface area contributed by atoms with E-state index in [1.165, 1.54) is 16.6 Å². The second-order valence-electron chi connectivity index (χ2n) is 9.81. The molecule has 0 atom stereocenters. The Hall–Kier alpha value is -2.52. The minimum atomic E-state index is -0.138. The zero-order chi connectivity index (χ0) is 21.5. The minimum Gasteiger partial charge on any atom is -0.426 e. The molecule has 0 aromatic heterocycles. The molecule has 30 heavy (non-hydrogen) atoms. The molecular weight excluding hydrogens is 365 g/mol. The van der Waals surface area contributed by atoms with Crippen molar-refractivity contribution in [3.63, 3.8) is 0 Å². The van der Waals surface area contributed by atoms with E-state index < -0.39 is 0 Å². The third-order valence-electron chi connectivity index (χ3n) is 6.85. The average molecular weight is 397 g/mol. The monoisotopic (exact) mass is 397 g/mol. The minimum absolute atomic E-state index is 0.118. The highest BCUT2D eigenvalue weighted by Crippen LogP contribution is 2.45. The normalized spacial score (nSPS) is 17.2. The van der Waals surface area contributed by atoms with E-state index in [0.717, 1.165) is 23.4 Å². The van der Waals surface area contributed by atoms with Crippen molar-refractivity contribution in [3.8, 4) is 0 Å². The van der Waals surface area contributed by atoms with Crippen LogP contribution in [0, 0.1) is 19.3 Å². The maximum atomic E-state index is 6.51. The molecular formula is C27H32BNO. The molecule has 0 unspecified atom stereocenters. The lowest BCUT2D eigenvalue weighted by Gasteiger charge is -2.34. The molecule has 3 aromatic rings. The predicted molar refractivity (Wildman–Crippen MR) is 130 cm³/mol. The van der Waals surface area contributed by atoms with E-state index in [1.807, 2.05) is 0 Å². The van der Waals surface area contributed by atoms with Crippen LogP contribution in [0.3, 0.4) is 0 Å². The number of anilines is 3. The lowest BCUT2D eigenvalue weighted by atomic mass is 9.54. The fourth-order valence-corrected chi connectivity index (χ4v) is 4.15. The van der Waals surface area contributed by atoms with Crippen molar-refractivity contribution >= 4 is 29.4 Å². The maximum Gasteiger partial charge on any atom is 0.328 e. The Morgan fingerprint density at radius 2 is 1.27 bits per heavy atom. The van der Waals surface area contributed by atoms with Crippen LogP contribution in [0.4, 0.5) is 17.1 Å². The molecule has 0 saturated carbocycles. The van der Waals surface area contributed by atoms with Gasteiger partial charge >= 0.3 is 6.92 Å². The van der Waals surface area contributed by atoms with Crippen molar-refractivity contribution in [3.05, 3.63) is 83.9 Å². The molecule has 2 nitrogen and oxygen atoms in total. The van der Waals surface area contributed by atoms with Crippen LogP contribution in [0.2, 0.25) is 6.32 Å². The summed E-state index contributed by atoms with van der Waals surface area (Å²) in [5, 5.41) is 0. The van der Waals surface area contributed by atoms with Crippen molar-refractivity contribution < 1.29 is 4.65 Å². The third-order valence-corrected chi connectivity index (χ3v) is 6.85. The quantitative estimate of drug-likeness (QED) is 0.449. The summed E-state index contributed by atoms with van der Waals surface area (Å²) in [4.78, 5) is 2.33. The van der Waals surface area contributed by atoms with Gasteiger partial charge in [-0.2, -0.15) is 0 Å². The standard InChI is InChI=1S/C27H32BNO/c1-20-10-14-23(15-11-20)29(24-16-12-21(2)13-17-24)25-9-7-8-22(18-25)28-19-26(3,4)27(5,6)30-28/h7-18H,19H2,1-6H3. The highest BCUT2D eigenvalue weighted by molar-refractivity contribution is 6.68. The average Bonchev–Trinajstić information content (AvgIpc) is 2.93. The molecule has 0 amide bonds. The van der Waals surface area contributed by atoms with Gasteiger partial charge in [-0.3, -0.25) is 0 Å². The van der Waals surface area contributed by atoms with Gasteiger partial charge in [0, 0.05) is 17.1 Å². The van der Waals surface area contributed by atoms with Crippen molar-refractivity contribution in [1.29, 1.82) is 0 Å². The first-order chi connectivity index (χ1) is 14.2. The molecule has 0 radical (unpaired) electrons. The van der Waals surface area contributed by atoms with Crippen LogP contribution in [-0.2, 0) is 4.65 Å². The predicted octanol–water partition coefficient (Wildman–Crippen LogP) is 6.81. The van der Waals surface area contributed by atoms with E-state index in [2.05, 4.69) is 119 Å².